The normalized spacial score (nSPS) is 13.2. The minimum atomic E-state index is 0. The van der Waals surface area contributed by atoms with Crippen LogP contribution < -0.4 is 5.32 Å². The molecule has 0 radical (unpaired) electrons. The maximum absolute atomic E-state index is 3.18. The first-order valence-electron chi connectivity index (χ1n) is 3.13. The molecule has 0 unspecified atom stereocenters. The third-order valence-electron chi connectivity index (χ3n) is 1.60. The molecule has 0 aliphatic carbocycles. The molecule has 2 heteroatoms. The minimum absolute atomic E-state index is 0. The predicted molar refractivity (Wildman–Crippen MR) is 38.1 cm³/mol. The fraction of sp³-hybridized carbons (Fsp3) is 0.125. The molecule has 48 valence electrons. The summed E-state index contributed by atoms with van der Waals surface area (Å²) in [6.45, 7) is 2.07. The van der Waals surface area contributed by atoms with Crippen LogP contribution in [0.25, 0.3) is 0 Å². The number of anilines is 1. The number of rotatable bonds is 0. The predicted octanol–water partition coefficient (Wildman–Crippen LogP) is 1.81. The molecule has 0 aromatic heterocycles. The molecule has 1 aromatic carbocycles. The van der Waals surface area contributed by atoms with Gasteiger partial charge in [-0.05, 0) is 6.07 Å². The molecule has 1 aliphatic heterocycles. The standard InChI is InChI=1S/C8H8N.Zn/c1-2-4-8-7(3-1)5-6-9-8;/h1-4,6,9H,5H2;/q-1;. The van der Waals surface area contributed by atoms with Crippen LogP contribution in [-0.2, 0) is 25.9 Å². The smallest absolute Gasteiger partial charge is 0.00533 e. The van der Waals surface area contributed by atoms with E-state index in [0.29, 0.717) is 0 Å². The van der Waals surface area contributed by atoms with Crippen molar-refractivity contribution < 1.29 is 19.5 Å². The molecular formula is C8H8NZn-. The van der Waals surface area contributed by atoms with E-state index >= 15 is 0 Å². The first-order chi connectivity index (χ1) is 4.47. The van der Waals surface area contributed by atoms with Crippen LogP contribution in [0.3, 0.4) is 0 Å². The summed E-state index contributed by atoms with van der Waals surface area (Å²) in [5, 5.41) is 3.18. The second-order valence-corrected chi connectivity index (χ2v) is 2.21. The first-order valence-corrected chi connectivity index (χ1v) is 3.13. The Kier molecular flexibility index (Phi) is 2.45. The Morgan fingerprint density at radius 3 is 2.90 bits per heavy atom. The van der Waals surface area contributed by atoms with Gasteiger partial charge in [-0.1, -0.05) is 23.8 Å². The molecular weight excluding hydrogens is 175 g/mol. The zero-order valence-corrected chi connectivity index (χ0v) is 8.77. The molecule has 0 saturated heterocycles. The van der Waals surface area contributed by atoms with Crippen LogP contribution >= 0.6 is 0 Å². The second-order valence-electron chi connectivity index (χ2n) is 2.21. The molecule has 10 heavy (non-hydrogen) atoms. The van der Waals surface area contributed by atoms with E-state index in [1.807, 2.05) is 6.07 Å². The number of fused-ring (bicyclic) bond motifs is 1. The van der Waals surface area contributed by atoms with Crippen molar-refractivity contribution in [3.63, 3.8) is 0 Å². The average molecular weight is 184 g/mol. The summed E-state index contributed by atoms with van der Waals surface area (Å²) in [4.78, 5) is 0. The largest absolute Gasteiger partial charge is 0.535 e. The summed E-state index contributed by atoms with van der Waals surface area (Å²) < 4.78 is 0. The Balaban J connectivity index is 0.000000500. The SMILES string of the molecule is [Zn].c1ccc2c(c1)C[CH-]N2. The maximum atomic E-state index is 3.18. The maximum Gasteiger partial charge on any atom is 0.00533 e. The summed E-state index contributed by atoms with van der Waals surface area (Å²) in [7, 11) is 0. The van der Waals surface area contributed by atoms with Crippen LogP contribution in [-0.4, -0.2) is 0 Å². The van der Waals surface area contributed by atoms with Crippen LogP contribution in [0.1, 0.15) is 5.56 Å². The Labute approximate surface area is 73.6 Å². The summed E-state index contributed by atoms with van der Waals surface area (Å²) in [5.41, 5.74) is 2.66. The molecule has 1 nitrogen and oxygen atoms in total. The van der Waals surface area contributed by atoms with Gasteiger partial charge in [0.05, 0.1) is 0 Å². The fourth-order valence-electron chi connectivity index (χ4n) is 1.11. The molecule has 0 spiro atoms. The third kappa shape index (κ3) is 1.22. The van der Waals surface area contributed by atoms with Crippen LogP contribution in [0, 0.1) is 6.54 Å². The zero-order valence-electron chi connectivity index (χ0n) is 5.80. The quantitative estimate of drug-likeness (QED) is 0.478. The van der Waals surface area contributed by atoms with Gasteiger partial charge in [0.1, 0.15) is 0 Å². The van der Waals surface area contributed by atoms with E-state index in [1.165, 1.54) is 11.3 Å². The van der Waals surface area contributed by atoms with Gasteiger partial charge in [0.25, 0.3) is 0 Å². The molecule has 1 heterocycles. The zero-order chi connectivity index (χ0) is 6.10. The van der Waals surface area contributed by atoms with E-state index < -0.39 is 0 Å². The summed E-state index contributed by atoms with van der Waals surface area (Å²) >= 11 is 0. The summed E-state index contributed by atoms with van der Waals surface area (Å²) in [6, 6.07) is 8.36. The molecule has 1 aromatic rings. The van der Waals surface area contributed by atoms with Gasteiger partial charge in [-0.25, -0.2) is 6.54 Å². The van der Waals surface area contributed by atoms with E-state index in [2.05, 4.69) is 30.1 Å². The minimum Gasteiger partial charge on any atom is -0.535 e. The monoisotopic (exact) mass is 182 g/mol. The molecule has 2 rings (SSSR count). The van der Waals surface area contributed by atoms with Crippen molar-refractivity contribution in [1.82, 2.24) is 0 Å². The van der Waals surface area contributed by atoms with Crippen LogP contribution in [0.4, 0.5) is 5.69 Å². The van der Waals surface area contributed by atoms with E-state index in [0.717, 1.165) is 6.42 Å². The van der Waals surface area contributed by atoms with Gasteiger partial charge in [0, 0.05) is 25.2 Å². The van der Waals surface area contributed by atoms with E-state index in [-0.39, 0.29) is 19.5 Å². The molecule has 1 N–H and O–H groups in total. The van der Waals surface area contributed by atoms with Crippen molar-refractivity contribution in [3.8, 4) is 0 Å². The number of nitrogens with one attached hydrogen (secondary N) is 1. The van der Waals surface area contributed by atoms with Gasteiger partial charge in [-0.2, -0.15) is 0 Å². The van der Waals surface area contributed by atoms with Gasteiger partial charge in [0.2, 0.25) is 0 Å². The molecule has 0 atom stereocenters. The van der Waals surface area contributed by atoms with Crippen molar-refractivity contribution in [1.29, 1.82) is 0 Å². The topological polar surface area (TPSA) is 12.0 Å². The fourth-order valence-corrected chi connectivity index (χ4v) is 1.11. The average Bonchev–Trinajstić information content (AvgIpc) is 2.33. The van der Waals surface area contributed by atoms with Crippen LogP contribution in [0.2, 0.25) is 0 Å². The third-order valence-corrected chi connectivity index (χ3v) is 1.60. The van der Waals surface area contributed by atoms with Crippen molar-refractivity contribution in [2.45, 2.75) is 6.42 Å². The van der Waals surface area contributed by atoms with Crippen molar-refractivity contribution in [2.75, 3.05) is 5.32 Å². The molecule has 0 saturated carbocycles. The van der Waals surface area contributed by atoms with Crippen LogP contribution in [0.5, 0.6) is 0 Å². The Bertz CT molecular complexity index is 199. The van der Waals surface area contributed by atoms with Crippen molar-refractivity contribution in [2.24, 2.45) is 0 Å². The van der Waals surface area contributed by atoms with Gasteiger partial charge in [-0.3, -0.25) is 0 Å². The second kappa shape index (κ2) is 3.16. The van der Waals surface area contributed by atoms with Gasteiger partial charge in [-0.15, -0.1) is 6.42 Å². The number of hydrogen-bond acceptors (Lipinski definition) is 1. The van der Waals surface area contributed by atoms with Gasteiger partial charge in [0.15, 0.2) is 0 Å². The van der Waals surface area contributed by atoms with E-state index in [9.17, 15) is 0 Å². The molecule has 0 amide bonds. The van der Waals surface area contributed by atoms with Crippen LogP contribution in [0.15, 0.2) is 24.3 Å². The number of benzene rings is 1. The van der Waals surface area contributed by atoms with E-state index in [1.54, 1.807) is 0 Å². The number of para-hydroxylation sites is 1. The number of hydrogen-bond donors (Lipinski definition) is 1. The van der Waals surface area contributed by atoms with Gasteiger partial charge < -0.3 is 5.32 Å². The summed E-state index contributed by atoms with van der Waals surface area (Å²) in [5.74, 6) is 0. The Morgan fingerprint density at radius 1 is 1.30 bits per heavy atom. The van der Waals surface area contributed by atoms with Crippen molar-refractivity contribution in [3.05, 3.63) is 36.4 Å². The molecule has 0 fully saturated rings. The Hall–Kier alpha value is -0.357. The molecule has 1 aliphatic rings. The van der Waals surface area contributed by atoms with Gasteiger partial charge >= 0.3 is 0 Å². The van der Waals surface area contributed by atoms with E-state index in [4.69, 9.17) is 0 Å². The van der Waals surface area contributed by atoms with Crippen molar-refractivity contribution >= 4 is 5.69 Å². The first kappa shape index (κ1) is 7.75. The molecule has 0 bridgehead atoms. The Morgan fingerprint density at radius 2 is 2.10 bits per heavy atom. The summed E-state index contributed by atoms with van der Waals surface area (Å²) in [6.07, 6.45) is 1.07.